The van der Waals surface area contributed by atoms with Crippen molar-refractivity contribution in [1.82, 2.24) is 4.57 Å². The molecule has 4 nitrogen and oxygen atoms in total. The zero-order chi connectivity index (χ0) is 19.5. The molecule has 28 heavy (non-hydrogen) atoms. The molecule has 0 aliphatic rings. The van der Waals surface area contributed by atoms with Gasteiger partial charge in [0.2, 0.25) is 0 Å². The molecule has 0 saturated heterocycles. The molecule has 2 aromatic carbocycles. The lowest BCUT2D eigenvalue weighted by Gasteiger charge is -2.12. The first-order chi connectivity index (χ1) is 13.7. The number of aromatic nitrogens is 1. The quantitative estimate of drug-likeness (QED) is 0.471. The van der Waals surface area contributed by atoms with E-state index in [1.165, 1.54) is 16.9 Å². The summed E-state index contributed by atoms with van der Waals surface area (Å²) in [5, 5.41) is 5.03. The minimum atomic E-state index is -0.155. The van der Waals surface area contributed by atoms with E-state index in [1.807, 2.05) is 64.8 Å². The Hall–Kier alpha value is -3.31. The van der Waals surface area contributed by atoms with E-state index in [9.17, 15) is 4.79 Å². The highest BCUT2D eigenvalue weighted by molar-refractivity contribution is 7.13. The SMILES string of the molecule is COc1ccccc1NC(=O)c1scc(-c2cccc(C)c2)c1-n1cccc1. The second-order valence-electron chi connectivity index (χ2n) is 6.44. The predicted molar refractivity (Wildman–Crippen MR) is 115 cm³/mol. The van der Waals surface area contributed by atoms with Crippen molar-refractivity contribution in [2.75, 3.05) is 12.4 Å². The van der Waals surface area contributed by atoms with Crippen molar-refractivity contribution in [3.05, 3.63) is 88.9 Å². The smallest absolute Gasteiger partial charge is 0.268 e. The van der Waals surface area contributed by atoms with Gasteiger partial charge in [-0.2, -0.15) is 0 Å². The number of rotatable bonds is 5. The van der Waals surface area contributed by atoms with Gasteiger partial charge in [-0.15, -0.1) is 11.3 Å². The van der Waals surface area contributed by atoms with Crippen LogP contribution in [-0.4, -0.2) is 17.6 Å². The van der Waals surface area contributed by atoms with Crippen LogP contribution < -0.4 is 10.1 Å². The number of nitrogens with one attached hydrogen (secondary N) is 1. The molecular weight excluding hydrogens is 368 g/mol. The Morgan fingerprint density at radius 3 is 2.57 bits per heavy atom. The molecule has 2 aromatic heterocycles. The molecule has 0 spiro atoms. The first-order valence-electron chi connectivity index (χ1n) is 8.93. The second kappa shape index (κ2) is 7.74. The molecule has 5 heteroatoms. The Morgan fingerprint density at radius 2 is 1.82 bits per heavy atom. The van der Waals surface area contributed by atoms with Gasteiger partial charge in [0.1, 0.15) is 10.6 Å². The lowest BCUT2D eigenvalue weighted by Crippen LogP contribution is -2.13. The summed E-state index contributed by atoms with van der Waals surface area (Å²) in [6.07, 6.45) is 3.92. The Morgan fingerprint density at radius 1 is 1.04 bits per heavy atom. The molecule has 0 aliphatic carbocycles. The Balaban J connectivity index is 1.78. The summed E-state index contributed by atoms with van der Waals surface area (Å²) >= 11 is 1.44. The van der Waals surface area contributed by atoms with Crippen LogP contribution in [0.15, 0.2) is 78.4 Å². The van der Waals surface area contributed by atoms with E-state index in [-0.39, 0.29) is 5.91 Å². The number of nitrogens with zero attached hydrogens (tertiary/aromatic N) is 1. The fraction of sp³-hybridized carbons (Fsp3) is 0.0870. The van der Waals surface area contributed by atoms with E-state index in [4.69, 9.17) is 4.74 Å². The molecule has 0 fully saturated rings. The van der Waals surface area contributed by atoms with Gasteiger partial charge in [0.25, 0.3) is 5.91 Å². The third-order valence-electron chi connectivity index (χ3n) is 4.52. The number of hydrogen-bond donors (Lipinski definition) is 1. The summed E-state index contributed by atoms with van der Waals surface area (Å²) in [4.78, 5) is 13.8. The average molecular weight is 388 g/mol. The summed E-state index contributed by atoms with van der Waals surface area (Å²) < 4.78 is 7.35. The van der Waals surface area contributed by atoms with E-state index in [2.05, 4.69) is 30.4 Å². The first kappa shape index (κ1) is 18.1. The molecule has 0 saturated carbocycles. The topological polar surface area (TPSA) is 43.3 Å². The van der Waals surface area contributed by atoms with Crippen LogP contribution in [0.5, 0.6) is 5.75 Å². The van der Waals surface area contributed by atoms with E-state index in [1.54, 1.807) is 7.11 Å². The Labute approximate surface area is 168 Å². The molecule has 0 bridgehead atoms. The number of carbonyl (C=O) groups is 1. The van der Waals surface area contributed by atoms with Gasteiger partial charge in [0.15, 0.2) is 0 Å². The molecule has 2 heterocycles. The Bertz CT molecular complexity index is 1110. The number of benzene rings is 2. The molecule has 1 N–H and O–H groups in total. The van der Waals surface area contributed by atoms with Gasteiger partial charge in [-0.25, -0.2) is 0 Å². The largest absolute Gasteiger partial charge is 0.495 e. The number of carbonyl (C=O) groups excluding carboxylic acids is 1. The average Bonchev–Trinajstić information content (AvgIpc) is 3.37. The maximum atomic E-state index is 13.1. The molecule has 0 atom stereocenters. The number of thiophene rings is 1. The minimum absolute atomic E-state index is 0.155. The van der Waals surface area contributed by atoms with Crippen molar-refractivity contribution >= 4 is 22.9 Å². The standard InChI is InChI=1S/C23H20N2O2S/c1-16-8-7-9-17(14-16)18-15-28-22(21(18)25-12-5-6-13-25)23(26)24-19-10-3-4-11-20(19)27-2/h3-15H,1-2H3,(H,24,26). The molecule has 1 amide bonds. The van der Waals surface area contributed by atoms with E-state index in [0.717, 1.165) is 16.8 Å². The number of anilines is 1. The van der Waals surface area contributed by atoms with Crippen LogP contribution in [0.1, 0.15) is 15.2 Å². The van der Waals surface area contributed by atoms with Crippen molar-refractivity contribution in [2.45, 2.75) is 6.92 Å². The normalized spacial score (nSPS) is 10.6. The number of ether oxygens (including phenoxy) is 1. The van der Waals surface area contributed by atoms with Gasteiger partial charge in [-0.3, -0.25) is 4.79 Å². The van der Waals surface area contributed by atoms with Crippen LogP contribution in [0.2, 0.25) is 0 Å². The number of methoxy groups -OCH3 is 1. The number of hydrogen-bond acceptors (Lipinski definition) is 3. The number of amides is 1. The summed E-state index contributed by atoms with van der Waals surface area (Å²) in [6, 6.07) is 19.6. The predicted octanol–water partition coefficient (Wildman–Crippen LogP) is 5.78. The second-order valence-corrected chi connectivity index (χ2v) is 7.32. The maximum absolute atomic E-state index is 13.1. The zero-order valence-electron chi connectivity index (χ0n) is 15.7. The van der Waals surface area contributed by atoms with Gasteiger partial charge in [-0.05, 0) is 36.8 Å². The van der Waals surface area contributed by atoms with Crippen LogP contribution >= 0.6 is 11.3 Å². The molecule has 0 radical (unpaired) electrons. The fourth-order valence-corrected chi connectivity index (χ4v) is 4.17. The number of para-hydroxylation sites is 2. The molecule has 0 unspecified atom stereocenters. The lowest BCUT2D eigenvalue weighted by molar-refractivity contribution is 0.103. The van der Waals surface area contributed by atoms with Gasteiger partial charge >= 0.3 is 0 Å². The summed E-state index contributed by atoms with van der Waals surface area (Å²) in [7, 11) is 1.59. The zero-order valence-corrected chi connectivity index (χ0v) is 16.5. The van der Waals surface area contributed by atoms with E-state index >= 15 is 0 Å². The fourth-order valence-electron chi connectivity index (χ4n) is 3.20. The summed E-state index contributed by atoms with van der Waals surface area (Å²) in [5.41, 5.74) is 4.85. The van der Waals surface area contributed by atoms with E-state index in [0.29, 0.717) is 16.3 Å². The monoisotopic (exact) mass is 388 g/mol. The van der Waals surface area contributed by atoms with Crippen LogP contribution in [0.25, 0.3) is 16.8 Å². The van der Waals surface area contributed by atoms with Crippen molar-refractivity contribution < 1.29 is 9.53 Å². The maximum Gasteiger partial charge on any atom is 0.268 e. The van der Waals surface area contributed by atoms with Crippen molar-refractivity contribution in [1.29, 1.82) is 0 Å². The highest BCUT2D eigenvalue weighted by Gasteiger charge is 2.21. The highest BCUT2D eigenvalue weighted by Crippen LogP contribution is 2.36. The molecular formula is C23H20N2O2S. The third kappa shape index (κ3) is 3.44. The van der Waals surface area contributed by atoms with Crippen LogP contribution in [-0.2, 0) is 0 Å². The number of aryl methyl sites for hydroxylation is 1. The van der Waals surface area contributed by atoms with Crippen LogP contribution in [0.3, 0.4) is 0 Å². The molecule has 4 aromatic rings. The van der Waals surface area contributed by atoms with Crippen molar-refractivity contribution in [3.8, 4) is 22.6 Å². The Kier molecular flexibility index (Phi) is 5.00. The highest BCUT2D eigenvalue weighted by atomic mass is 32.1. The van der Waals surface area contributed by atoms with Gasteiger partial charge < -0.3 is 14.6 Å². The van der Waals surface area contributed by atoms with Crippen LogP contribution in [0.4, 0.5) is 5.69 Å². The molecule has 4 rings (SSSR count). The molecule has 140 valence electrons. The van der Waals surface area contributed by atoms with Gasteiger partial charge in [0.05, 0.1) is 18.5 Å². The van der Waals surface area contributed by atoms with Crippen molar-refractivity contribution in [2.24, 2.45) is 0 Å². The lowest BCUT2D eigenvalue weighted by atomic mass is 10.0. The van der Waals surface area contributed by atoms with Crippen LogP contribution in [0, 0.1) is 6.92 Å². The molecule has 0 aliphatic heterocycles. The summed E-state index contributed by atoms with van der Waals surface area (Å²) in [5.74, 6) is 0.478. The first-order valence-corrected chi connectivity index (χ1v) is 9.81. The van der Waals surface area contributed by atoms with Crippen molar-refractivity contribution in [3.63, 3.8) is 0 Å². The van der Waals surface area contributed by atoms with Gasteiger partial charge in [0, 0.05) is 23.3 Å². The summed E-state index contributed by atoms with van der Waals surface area (Å²) in [6.45, 7) is 2.07. The van der Waals surface area contributed by atoms with Gasteiger partial charge in [-0.1, -0.05) is 42.0 Å². The van der Waals surface area contributed by atoms with E-state index < -0.39 is 0 Å². The minimum Gasteiger partial charge on any atom is -0.495 e. The third-order valence-corrected chi connectivity index (χ3v) is 5.49.